The predicted molar refractivity (Wildman–Crippen MR) is 67.6 cm³/mol. The van der Waals surface area contributed by atoms with Crippen LogP contribution in [0.4, 0.5) is 11.5 Å². The molecule has 0 aliphatic heterocycles. The molecule has 1 aromatic heterocycles. The third-order valence-electron chi connectivity index (χ3n) is 3.30. The third-order valence-corrected chi connectivity index (χ3v) is 3.30. The maximum Gasteiger partial charge on any atom is 0.337 e. The van der Waals surface area contributed by atoms with Gasteiger partial charge in [0, 0.05) is 19.8 Å². The number of hydrogen-bond donors (Lipinski definition) is 3. The Morgan fingerprint density at radius 2 is 2.28 bits per heavy atom. The molecule has 18 heavy (non-hydrogen) atoms. The molecule has 0 atom stereocenters. The van der Waals surface area contributed by atoms with Crippen LogP contribution in [0.5, 0.6) is 0 Å². The van der Waals surface area contributed by atoms with E-state index in [2.05, 4.69) is 4.98 Å². The SMILES string of the molecule is CN(CC1CC(O)C1)c1nccc(C(=O)O)c1N. The van der Waals surface area contributed by atoms with E-state index in [1.807, 2.05) is 11.9 Å². The summed E-state index contributed by atoms with van der Waals surface area (Å²) in [5.74, 6) is -0.153. The van der Waals surface area contributed by atoms with Crippen molar-refractivity contribution in [1.29, 1.82) is 0 Å². The lowest BCUT2D eigenvalue weighted by Gasteiger charge is -2.35. The van der Waals surface area contributed by atoms with Gasteiger partial charge in [-0.05, 0) is 24.8 Å². The molecule has 2 rings (SSSR count). The van der Waals surface area contributed by atoms with Gasteiger partial charge < -0.3 is 20.8 Å². The zero-order valence-corrected chi connectivity index (χ0v) is 10.2. The first-order chi connectivity index (χ1) is 8.49. The van der Waals surface area contributed by atoms with Crippen LogP contribution in [0.3, 0.4) is 0 Å². The van der Waals surface area contributed by atoms with Crippen LogP contribution >= 0.6 is 0 Å². The molecular formula is C12H17N3O3. The first kappa shape index (κ1) is 12.6. The lowest BCUT2D eigenvalue weighted by Crippen LogP contribution is -2.37. The highest BCUT2D eigenvalue weighted by Gasteiger charge is 2.28. The van der Waals surface area contributed by atoms with Gasteiger partial charge in [-0.15, -0.1) is 0 Å². The highest BCUT2D eigenvalue weighted by Crippen LogP contribution is 2.30. The minimum absolute atomic E-state index is 0.0699. The Morgan fingerprint density at radius 1 is 1.61 bits per heavy atom. The molecule has 0 aromatic carbocycles. The molecule has 1 saturated carbocycles. The Bertz CT molecular complexity index is 458. The molecular weight excluding hydrogens is 234 g/mol. The number of aliphatic hydroxyl groups excluding tert-OH is 1. The minimum atomic E-state index is -1.05. The van der Waals surface area contributed by atoms with Crippen molar-refractivity contribution in [2.45, 2.75) is 18.9 Å². The number of nitrogens with zero attached hydrogens (tertiary/aromatic N) is 2. The molecule has 1 aromatic rings. The molecule has 1 aliphatic carbocycles. The number of pyridine rings is 1. The van der Waals surface area contributed by atoms with Gasteiger partial charge in [-0.1, -0.05) is 0 Å². The van der Waals surface area contributed by atoms with Crippen molar-refractivity contribution < 1.29 is 15.0 Å². The molecule has 6 nitrogen and oxygen atoms in total. The van der Waals surface area contributed by atoms with E-state index < -0.39 is 5.97 Å². The van der Waals surface area contributed by atoms with Crippen LogP contribution < -0.4 is 10.6 Å². The summed E-state index contributed by atoms with van der Waals surface area (Å²) < 4.78 is 0. The summed E-state index contributed by atoms with van der Waals surface area (Å²) in [5, 5.41) is 18.2. The largest absolute Gasteiger partial charge is 0.478 e. The van der Waals surface area contributed by atoms with Crippen LogP contribution in [-0.2, 0) is 0 Å². The second-order valence-electron chi connectivity index (χ2n) is 4.77. The zero-order chi connectivity index (χ0) is 13.3. The second-order valence-corrected chi connectivity index (χ2v) is 4.77. The lowest BCUT2D eigenvalue weighted by atomic mass is 9.82. The van der Waals surface area contributed by atoms with Crippen molar-refractivity contribution in [3.63, 3.8) is 0 Å². The summed E-state index contributed by atoms with van der Waals surface area (Å²) in [7, 11) is 1.83. The summed E-state index contributed by atoms with van der Waals surface area (Å²) in [6.45, 7) is 0.720. The van der Waals surface area contributed by atoms with E-state index in [4.69, 9.17) is 10.8 Å². The quantitative estimate of drug-likeness (QED) is 0.723. The van der Waals surface area contributed by atoms with Crippen molar-refractivity contribution in [3.8, 4) is 0 Å². The monoisotopic (exact) mass is 251 g/mol. The van der Waals surface area contributed by atoms with Crippen LogP contribution in [-0.4, -0.2) is 40.9 Å². The van der Waals surface area contributed by atoms with Crippen LogP contribution in [0, 0.1) is 5.92 Å². The summed E-state index contributed by atoms with van der Waals surface area (Å²) >= 11 is 0. The maximum atomic E-state index is 11.0. The number of aliphatic hydroxyl groups is 1. The van der Waals surface area contributed by atoms with Gasteiger partial charge in [0.2, 0.25) is 0 Å². The number of carboxylic acid groups (broad SMARTS) is 1. The third kappa shape index (κ3) is 2.38. The smallest absolute Gasteiger partial charge is 0.337 e. The van der Waals surface area contributed by atoms with Gasteiger partial charge in [0.05, 0.1) is 17.4 Å². The van der Waals surface area contributed by atoms with Gasteiger partial charge in [-0.25, -0.2) is 9.78 Å². The normalized spacial score (nSPS) is 22.3. The number of aromatic nitrogens is 1. The number of nitrogens with two attached hydrogens (primary N) is 1. The molecule has 98 valence electrons. The van der Waals surface area contributed by atoms with E-state index in [0.717, 1.165) is 19.4 Å². The standard InChI is InChI=1S/C12H17N3O3/c1-15(6-7-4-8(16)5-7)11-10(13)9(12(17)18)2-3-14-11/h2-3,7-8,16H,4-6,13H2,1H3,(H,17,18). The van der Waals surface area contributed by atoms with E-state index >= 15 is 0 Å². The minimum Gasteiger partial charge on any atom is -0.478 e. The number of nitrogen functional groups attached to an aromatic ring is 1. The molecule has 0 unspecified atom stereocenters. The summed E-state index contributed by atoms with van der Waals surface area (Å²) in [6.07, 6.45) is 2.81. The molecule has 0 spiro atoms. The number of hydrogen-bond acceptors (Lipinski definition) is 5. The molecule has 1 fully saturated rings. The van der Waals surface area contributed by atoms with Crippen LogP contribution in [0.2, 0.25) is 0 Å². The Hall–Kier alpha value is -1.82. The number of carboxylic acids is 1. The van der Waals surface area contributed by atoms with Crippen LogP contribution in [0.25, 0.3) is 0 Å². The Balaban J connectivity index is 2.12. The van der Waals surface area contributed by atoms with E-state index in [1.165, 1.54) is 12.3 Å². The highest BCUT2D eigenvalue weighted by molar-refractivity contribution is 5.96. The van der Waals surface area contributed by atoms with Crippen molar-refractivity contribution >= 4 is 17.5 Å². The Kier molecular flexibility index (Phi) is 3.38. The van der Waals surface area contributed by atoms with Gasteiger partial charge in [0.15, 0.2) is 5.82 Å². The summed E-state index contributed by atoms with van der Waals surface area (Å²) in [4.78, 5) is 16.9. The number of carbonyl (C=O) groups is 1. The lowest BCUT2D eigenvalue weighted by molar-refractivity contribution is 0.0464. The second kappa shape index (κ2) is 4.81. The van der Waals surface area contributed by atoms with E-state index in [9.17, 15) is 9.90 Å². The van der Waals surface area contributed by atoms with Crippen molar-refractivity contribution in [2.24, 2.45) is 5.92 Å². The molecule has 0 bridgehead atoms. The van der Waals surface area contributed by atoms with Gasteiger partial charge in [-0.3, -0.25) is 0 Å². The first-order valence-corrected chi connectivity index (χ1v) is 5.86. The topological polar surface area (TPSA) is 99.7 Å². The number of aromatic carboxylic acids is 1. The van der Waals surface area contributed by atoms with Crippen molar-refractivity contribution in [2.75, 3.05) is 24.2 Å². The van der Waals surface area contributed by atoms with Gasteiger partial charge in [0.1, 0.15) is 0 Å². The van der Waals surface area contributed by atoms with E-state index in [0.29, 0.717) is 11.7 Å². The number of rotatable bonds is 4. The van der Waals surface area contributed by atoms with Crippen LogP contribution in [0.15, 0.2) is 12.3 Å². The van der Waals surface area contributed by atoms with Gasteiger partial charge in [-0.2, -0.15) is 0 Å². The molecule has 0 amide bonds. The summed E-state index contributed by atoms with van der Waals surface area (Å²) in [6, 6.07) is 1.39. The first-order valence-electron chi connectivity index (χ1n) is 5.86. The Labute approximate surface area is 105 Å². The fourth-order valence-electron chi connectivity index (χ4n) is 2.28. The highest BCUT2D eigenvalue weighted by atomic mass is 16.4. The van der Waals surface area contributed by atoms with Crippen LogP contribution in [0.1, 0.15) is 23.2 Å². The predicted octanol–water partition coefficient (Wildman–Crippen LogP) is 0.569. The molecule has 1 aliphatic rings. The fraction of sp³-hybridized carbons (Fsp3) is 0.500. The zero-order valence-electron chi connectivity index (χ0n) is 10.2. The fourth-order valence-corrected chi connectivity index (χ4v) is 2.28. The van der Waals surface area contributed by atoms with E-state index in [-0.39, 0.29) is 17.4 Å². The number of anilines is 2. The average Bonchev–Trinajstić information content (AvgIpc) is 2.26. The average molecular weight is 251 g/mol. The molecule has 0 saturated heterocycles. The van der Waals surface area contributed by atoms with Gasteiger partial charge >= 0.3 is 5.97 Å². The molecule has 4 N–H and O–H groups in total. The maximum absolute atomic E-state index is 11.0. The van der Waals surface area contributed by atoms with Gasteiger partial charge in [0.25, 0.3) is 0 Å². The Morgan fingerprint density at radius 3 is 2.83 bits per heavy atom. The van der Waals surface area contributed by atoms with Crippen molar-refractivity contribution in [1.82, 2.24) is 4.98 Å². The van der Waals surface area contributed by atoms with Crippen molar-refractivity contribution in [3.05, 3.63) is 17.8 Å². The molecule has 6 heteroatoms. The van der Waals surface area contributed by atoms with E-state index in [1.54, 1.807) is 0 Å². The molecule has 1 heterocycles. The molecule has 0 radical (unpaired) electrons. The summed E-state index contributed by atoms with van der Waals surface area (Å²) in [5.41, 5.74) is 6.07.